The Labute approximate surface area is 173 Å². The summed E-state index contributed by atoms with van der Waals surface area (Å²) in [5.41, 5.74) is 0.877. The number of aromatic nitrogens is 4. The van der Waals surface area contributed by atoms with Crippen molar-refractivity contribution in [3.63, 3.8) is 0 Å². The molecule has 2 aromatic heterocycles. The lowest BCUT2D eigenvalue weighted by Crippen LogP contribution is -2.31. The first kappa shape index (κ1) is 20.9. The Balaban J connectivity index is 1.85. The van der Waals surface area contributed by atoms with E-state index in [0.717, 1.165) is 5.56 Å². The first-order valence-electron chi connectivity index (χ1n) is 8.80. The minimum Gasteiger partial charge on any atom is -0.289 e. The molecule has 3 rings (SSSR count). The molecule has 152 valence electrons. The minimum absolute atomic E-state index is 0.0475. The van der Waals surface area contributed by atoms with E-state index >= 15 is 0 Å². The van der Waals surface area contributed by atoms with Crippen molar-refractivity contribution in [1.82, 2.24) is 24.5 Å². The second kappa shape index (κ2) is 8.68. The number of halogens is 1. The number of aromatic amines is 1. The van der Waals surface area contributed by atoms with Gasteiger partial charge in [0.15, 0.2) is 5.82 Å². The number of amides is 1. The highest BCUT2D eigenvalue weighted by Crippen LogP contribution is 2.26. The predicted molar refractivity (Wildman–Crippen MR) is 109 cm³/mol. The smallest absolute Gasteiger partial charge is 0.258 e. The van der Waals surface area contributed by atoms with Gasteiger partial charge in [-0.2, -0.15) is 9.29 Å². The van der Waals surface area contributed by atoms with Gasteiger partial charge in [0.25, 0.3) is 5.91 Å². The molecular weight excluding hydrogens is 416 g/mol. The molecule has 1 amide bonds. The monoisotopic (exact) mass is 434 g/mol. The molecule has 0 fully saturated rings. The van der Waals surface area contributed by atoms with Gasteiger partial charge < -0.3 is 0 Å². The van der Waals surface area contributed by atoms with Crippen molar-refractivity contribution in [3.8, 4) is 11.4 Å². The van der Waals surface area contributed by atoms with E-state index in [4.69, 9.17) is 11.6 Å². The number of hydrogen-bond acceptors (Lipinski definition) is 6. The van der Waals surface area contributed by atoms with Crippen LogP contribution in [0.5, 0.6) is 0 Å². The van der Waals surface area contributed by atoms with Crippen molar-refractivity contribution in [2.45, 2.75) is 18.7 Å². The van der Waals surface area contributed by atoms with Crippen LogP contribution in [0.2, 0.25) is 5.02 Å². The van der Waals surface area contributed by atoms with Crippen molar-refractivity contribution in [2.75, 3.05) is 18.4 Å². The van der Waals surface area contributed by atoms with Crippen molar-refractivity contribution in [1.29, 1.82) is 0 Å². The van der Waals surface area contributed by atoms with Crippen LogP contribution in [0.25, 0.3) is 11.4 Å². The highest BCUT2D eigenvalue weighted by Gasteiger charge is 2.25. The standard InChI is InChI=1S/C18H19ClN6O3S/c1-3-25(4-2)29(27,28)15-11-13(5-6-14(15)19)17(26)22-18-21-16(23-24-18)12-7-9-20-10-8-12/h5-11H,3-4H2,1-2H3,(H2,21,22,23,24,26). The van der Waals surface area contributed by atoms with E-state index in [1.165, 1.54) is 22.5 Å². The molecule has 0 atom stereocenters. The fourth-order valence-electron chi connectivity index (χ4n) is 2.68. The Kier molecular flexibility index (Phi) is 6.26. The first-order chi connectivity index (χ1) is 13.9. The maximum absolute atomic E-state index is 12.8. The van der Waals surface area contributed by atoms with Gasteiger partial charge in [0, 0.05) is 36.6 Å². The number of nitrogens with one attached hydrogen (secondary N) is 2. The van der Waals surface area contributed by atoms with Crippen LogP contribution in [0.1, 0.15) is 24.2 Å². The summed E-state index contributed by atoms with van der Waals surface area (Å²) in [6, 6.07) is 7.57. The average Bonchev–Trinajstić information content (AvgIpc) is 3.18. The second-order valence-electron chi connectivity index (χ2n) is 5.93. The first-order valence-corrected chi connectivity index (χ1v) is 10.6. The number of carbonyl (C=O) groups is 1. The molecule has 0 saturated heterocycles. The van der Waals surface area contributed by atoms with Crippen LogP contribution in [-0.2, 0) is 10.0 Å². The molecule has 29 heavy (non-hydrogen) atoms. The van der Waals surface area contributed by atoms with Gasteiger partial charge in [0.05, 0.1) is 5.02 Å². The molecule has 9 nitrogen and oxygen atoms in total. The molecule has 11 heteroatoms. The average molecular weight is 435 g/mol. The zero-order valence-corrected chi connectivity index (χ0v) is 17.3. The van der Waals surface area contributed by atoms with E-state index in [0.29, 0.717) is 18.9 Å². The Morgan fingerprint density at radius 3 is 2.52 bits per heavy atom. The van der Waals surface area contributed by atoms with Crippen molar-refractivity contribution < 1.29 is 13.2 Å². The lowest BCUT2D eigenvalue weighted by molar-refractivity contribution is 0.102. The van der Waals surface area contributed by atoms with Crippen LogP contribution >= 0.6 is 11.6 Å². The SMILES string of the molecule is CCN(CC)S(=O)(=O)c1cc(C(=O)Nc2n[nH]c(-c3ccncc3)n2)ccc1Cl. The zero-order chi connectivity index (χ0) is 21.0. The number of hydrogen-bond donors (Lipinski definition) is 2. The van der Waals surface area contributed by atoms with E-state index < -0.39 is 15.9 Å². The quantitative estimate of drug-likeness (QED) is 0.589. The molecule has 0 aliphatic rings. The Morgan fingerprint density at radius 1 is 1.17 bits per heavy atom. The molecule has 0 aliphatic heterocycles. The molecule has 0 bridgehead atoms. The van der Waals surface area contributed by atoms with Crippen molar-refractivity contribution in [2.24, 2.45) is 0 Å². The summed E-state index contributed by atoms with van der Waals surface area (Å²) >= 11 is 6.10. The molecule has 0 spiro atoms. The van der Waals surface area contributed by atoms with E-state index in [-0.39, 0.29) is 21.4 Å². The summed E-state index contributed by atoms with van der Waals surface area (Å²) in [5.74, 6) is -0.0357. The van der Waals surface area contributed by atoms with Crippen LogP contribution in [0, 0.1) is 0 Å². The largest absolute Gasteiger partial charge is 0.289 e. The Hall–Kier alpha value is -2.82. The highest BCUT2D eigenvalue weighted by atomic mass is 35.5. The minimum atomic E-state index is -3.81. The Bertz CT molecular complexity index is 1110. The van der Waals surface area contributed by atoms with Gasteiger partial charge in [0.2, 0.25) is 16.0 Å². The number of pyridine rings is 1. The second-order valence-corrected chi connectivity index (χ2v) is 8.25. The topological polar surface area (TPSA) is 121 Å². The van der Waals surface area contributed by atoms with Gasteiger partial charge >= 0.3 is 0 Å². The van der Waals surface area contributed by atoms with E-state index in [9.17, 15) is 13.2 Å². The van der Waals surface area contributed by atoms with Gasteiger partial charge in [0.1, 0.15) is 4.90 Å². The summed E-state index contributed by atoms with van der Waals surface area (Å²) < 4.78 is 26.8. The van der Waals surface area contributed by atoms with Gasteiger partial charge in [-0.15, -0.1) is 5.10 Å². The number of H-pyrrole nitrogens is 1. The lowest BCUT2D eigenvalue weighted by atomic mass is 10.2. The Morgan fingerprint density at radius 2 is 1.86 bits per heavy atom. The fraction of sp³-hybridized carbons (Fsp3) is 0.222. The van der Waals surface area contributed by atoms with Gasteiger partial charge in [-0.1, -0.05) is 25.4 Å². The lowest BCUT2D eigenvalue weighted by Gasteiger charge is -2.19. The molecule has 0 saturated carbocycles. The highest BCUT2D eigenvalue weighted by molar-refractivity contribution is 7.89. The predicted octanol–water partition coefficient (Wildman–Crippen LogP) is 2.80. The van der Waals surface area contributed by atoms with Crippen LogP contribution < -0.4 is 5.32 Å². The molecule has 1 aromatic carbocycles. The summed E-state index contributed by atoms with van der Waals surface area (Å²) in [6.45, 7) is 4.05. The van der Waals surface area contributed by atoms with Crippen molar-refractivity contribution >= 4 is 33.5 Å². The maximum atomic E-state index is 12.8. The number of benzene rings is 1. The summed E-state index contributed by atoms with van der Waals surface area (Å²) in [4.78, 5) is 20.6. The molecule has 0 aliphatic carbocycles. The van der Waals surface area contributed by atoms with Gasteiger partial charge in [-0.3, -0.25) is 20.2 Å². The summed E-state index contributed by atoms with van der Waals surface area (Å²) in [7, 11) is -3.81. The normalized spacial score (nSPS) is 11.6. The van der Waals surface area contributed by atoms with Gasteiger partial charge in [-0.25, -0.2) is 8.42 Å². The van der Waals surface area contributed by atoms with Crippen LogP contribution in [0.3, 0.4) is 0 Å². The summed E-state index contributed by atoms with van der Waals surface area (Å²) in [5, 5.41) is 9.28. The van der Waals surface area contributed by atoms with E-state index in [2.05, 4.69) is 25.5 Å². The molecule has 0 radical (unpaired) electrons. The third kappa shape index (κ3) is 4.44. The number of rotatable bonds is 7. The van der Waals surface area contributed by atoms with Crippen molar-refractivity contribution in [3.05, 3.63) is 53.3 Å². The fourth-order valence-corrected chi connectivity index (χ4v) is 4.63. The van der Waals surface area contributed by atoms with Gasteiger partial charge in [-0.05, 0) is 30.3 Å². The molecule has 2 heterocycles. The van der Waals surface area contributed by atoms with Crippen LogP contribution in [-0.4, -0.2) is 51.9 Å². The molecule has 2 N–H and O–H groups in total. The number of nitrogens with zero attached hydrogens (tertiary/aromatic N) is 4. The molecule has 0 unspecified atom stereocenters. The third-order valence-corrected chi connectivity index (χ3v) is 6.71. The summed E-state index contributed by atoms with van der Waals surface area (Å²) in [6.07, 6.45) is 3.23. The molecule has 3 aromatic rings. The number of sulfonamides is 1. The molecular formula is C18H19ClN6O3S. The number of carbonyl (C=O) groups excluding carboxylic acids is 1. The van der Waals surface area contributed by atoms with Crippen LogP contribution in [0.4, 0.5) is 5.95 Å². The third-order valence-electron chi connectivity index (χ3n) is 4.18. The maximum Gasteiger partial charge on any atom is 0.258 e. The van der Waals surface area contributed by atoms with E-state index in [1.54, 1.807) is 38.4 Å². The van der Waals surface area contributed by atoms with Crippen LogP contribution in [0.15, 0.2) is 47.6 Å². The number of anilines is 1. The zero-order valence-electron chi connectivity index (χ0n) is 15.8. The van der Waals surface area contributed by atoms with E-state index in [1.807, 2.05) is 0 Å².